The molecule has 1 aliphatic rings. The molecule has 0 saturated heterocycles. The standard InChI is InChI=1S/C10H16O2/c1-3-9-5-4-6-10(7-9)12-8-11-2/h3,7,10H,1,4-6,8H2,2H3/t10-/m1/s1. The van der Waals surface area contributed by atoms with Crippen LogP contribution in [-0.2, 0) is 9.47 Å². The van der Waals surface area contributed by atoms with Gasteiger partial charge in [0.2, 0.25) is 0 Å². The zero-order chi connectivity index (χ0) is 8.81. The molecule has 2 heteroatoms. The van der Waals surface area contributed by atoms with Gasteiger partial charge in [-0.05, 0) is 19.3 Å². The van der Waals surface area contributed by atoms with Crippen LogP contribution in [0.1, 0.15) is 19.3 Å². The van der Waals surface area contributed by atoms with Gasteiger partial charge in [-0.3, -0.25) is 0 Å². The van der Waals surface area contributed by atoms with Crippen LogP contribution < -0.4 is 0 Å². The zero-order valence-electron chi connectivity index (χ0n) is 7.58. The molecule has 0 aromatic carbocycles. The fraction of sp³-hybridized carbons (Fsp3) is 0.600. The highest BCUT2D eigenvalue weighted by molar-refractivity contribution is 5.19. The van der Waals surface area contributed by atoms with Crippen molar-refractivity contribution in [1.82, 2.24) is 0 Å². The van der Waals surface area contributed by atoms with Crippen molar-refractivity contribution in [3.63, 3.8) is 0 Å². The molecular formula is C10H16O2. The summed E-state index contributed by atoms with van der Waals surface area (Å²) >= 11 is 0. The maximum Gasteiger partial charge on any atom is 0.147 e. The highest BCUT2D eigenvalue weighted by atomic mass is 16.7. The van der Waals surface area contributed by atoms with Crippen molar-refractivity contribution >= 4 is 0 Å². The highest BCUT2D eigenvalue weighted by Crippen LogP contribution is 2.20. The van der Waals surface area contributed by atoms with Gasteiger partial charge in [0.1, 0.15) is 6.79 Å². The summed E-state index contributed by atoms with van der Waals surface area (Å²) < 4.78 is 10.3. The summed E-state index contributed by atoms with van der Waals surface area (Å²) in [6, 6.07) is 0. The molecule has 0 N–H and O–H groups in total. The molecule has 0 spiro atoms. The van der Waals surface area contributed by atoms with Crippen LogP contribution in [0.15, 0.2) is 24.3 Å². The van der Waals surface area contributed by atoms with E-state index in [1.165, 1.54) is 12.0 Å². The van der Waals surface area contributed by atoms with Gasteiger partial charge < -0.3 is 9.47 Å². The molecule has 0 aromatic heterocycles. The van der Waals surface area contributed by atoms with E-state index in [1.54, 1.807) is 7.11 Å². The molecule has 0 unspecified atom stereocenters. The predicted octanol–water partition coefficient (Wildman–Crippen LogP) is 2.27. The Hall–Kier alpha value is -0.600. The molecule has 1 atom stereocenters. The molecule has 0 aliphatic heterocycles. The third kappa shape index (κ3) is 2.80. The van der Waals surface area contributed by atoms with Gasteiger partial charge in [-0.2, -0.15) is 0 Å². The Balaban J connectivity index is 2.38. The van der Waals surface area contributed by atoms with Crippen LogP contribution in [0.25, 0.3) is 0 Å². The minimum absolute atomic E-state index is 0.228. The van der Waals surface area contributed by atoms with Gasteiger partial charge in [-0.15, -0.1) is 0 Å². The number of rotatable bonds is 4. The van der Waals surface area contributed by atoms with Crippen molar-refractivity contribution in [3.05, 3.63) is 24.3 Å². The lowest BCUT2D eigenvalue weighted by Crippen LogP contribution is -2.15. The fourth-order valence-electron chi connectivity index (χ4n) is 1.37. The van der Waals surface area contributed by atoms with E-state index in [0.29, 0.717) is 6.79 Å². The minimum atomic E-state index is 0.228. The highest BCUT2D eigenvalue weighted by Gasteiger charge is 2.11. The average molecular weight is 168 g/mol. The second kappa shape index (κ2) is 5.12. The third-order valence-corrected chi connectivity index (χ3v) is 2.02. The van der Waals surface area contributed by atoms with Gasteiger partial charge in [0.15, 0.2) is 0 Å². The first-order valence-electron chi connectivity index (χ1n) is 4.30. The van der Waals surface area contributed by atoms with E-state index < -0.39 is 0 Å². The van der Waals surface area contributed by atoms with Crippen LogP contribution in [0.3, 0.4) is 0 Å². The van der Waals surface area contributed by atoms with Gasteiger partial charge >= 0.3 is 0 Å². The average Bonchev–Trinajstić information content (AvgIpc) is 2.15. The maximum absolute atomic E-state index is 5.42. The lowest BCUT2D eigenvalue weighted by atomic mass is 9.98. The Labute approximate surface area is 73.9 Å². The Morgan fingerprint density at radius 1 is 1.75 bits per heavy atom. The molecule has 2 nitrogen and oxygen atoms in total. The molecule has 0 radical (unpaired) electrons. The molecule has 0 saturated carbocycles. The monoisotopic (exact) mass is 168 g/mol. The number of allylic oxidation sites excluding steroid dienone is 2. The normalized spacial score (nSPS) is 23.4. The van der Waals surface area contributed by atoms with Crippen molar-refractivity contribution in [2.24, 2.45) is 0 Å². The summed E-state index contributed by atoms with van der Waals surface area (Å²) in [6.07, 6.45) is 7.69. The number of methoxy groups -OCH3 is 1. The van der Waals surface area contributed by atoms with Crippen LogP contribution in [0.2, 0.25) is 0 Å². The van der Waals surface area contributed by atoms with Crippen LogP contribution in [0, 0.1) is 0 Å². The van der Waals surface area contributed by atoms with E-state index in [-0.39, 0.29) is 6.10 Å². The van der Waals surface area contributed by atoms with Crippen LogP contribution in [-0.4, -0.2) is 20.0 Å². The largest absolute Gasteiger partial charge is 0.359 e. The lowest BCUT2D eigenvalue weighted by molar-refractivity contribution is -0.0592. The van der Waals surface area contributed by atoms with Crippen molar-refractivity contribution in [3.8, 4) is 0 Å². The first-order valence-corrected chi connectivity index (χ1v) is 4.30. The maximum atomic E-state index is 5.42. The molecule has 1 rings (SSSR count). The third-order valence-electron chi connectivity index (χ3n) is 2.02. The molecule has 12 heavy (non-hydrogen) atoms. The number of hydrogen-bond acceptors (Lipinski definition) is 2. The summed E-state index contributed by atoms with van der Waals surface area (Å²) in [5.41, 5.74) is 1.29. The molecular weight excluding hydrogens is 152 g/mol. The van der Waals surface area contributed by atoms with Gasteiger partial charge in [0, 0.05) is 7.11 Å². The summed E-state index contributed by atoms with van der Waals surface area (Å²) in [4.78, 5) is 0. The van der Waals surface area contributed by atoms with E-state index in [4.69, 9.17) is 9.47 Å². The number of ether oxygens (including phenoxy) is 2. The Morgan fingerprint density at radius 3 is 3.25 bits per heavy atom. The van der Waals surface area contributed by atoms with Gasteiger partial charge in [-0.1, -0.05) is 24.3 Å². The Kier molecular flexibility index (Phi) is 4.05. The minimum Gasteiger partial charge on any atom is -0.359 e. The van der Waals surface area contributed by atoms with Crippen molar-refractivity contribution in [2.45, 2.75) is 25.4 Å². The topological polar surface area (TPSA) is 18.5 Å². The van der Waals surface area contributed by atoms with Crippen LogP contribution in [0.4, 0.5) is 0 Å². The first-order chi connectivity index (χ1) is 5.86. The molecule has 0 aromatic rings. The SMILES string of the molecule is C=CC1=C[C@H](OCOC)CCC1. The Morgan fingerprint density at radius 2 is 2.58 bits per heavy atom. The van der Waals surface area contributed by atoms with E-state index in [1.807, 2.05) is 6.08 Å². The lowest BCUT2D eigenvalue weighted by Gasteiger charge is -2.19. The van der Waals surface area contributed by atoms with E-state index in [2.05, 4.69) is 12.7 Å². The van der Waals surface area contributed by atoms with Crippen molar-refractivity contribution in [1.29, 1.82) is 0 Å². The molecule has 0 bridgehead atoms. The smallest absolute Gasteiger partial charge is 0.147 e. The van der Waals surface area contributed by atoms with Crippen molar-refractivity contribution < 1.29 is 9.47 Å². The quantitative estimate of drug-likeness (QED) is 0.599. The predicted molar refractivity (Wildman–Crippen MR) is 48.9 cm³/mol. The van der Waals surface area contributed by atoms with Crippen LogP contribution in [0.5, 0.6) is 0 Å². The van der Waals surface area contributed by atoms with Crippen LogP contribution >= 0.6 is 0 Å². The molecule has 68 valence electrons. The van der Waals surface area contributed by atoms with E-state index in [0.717, 1.165) is 12.8 Å². The summed E-state index contributed by atoms with van der Waals surface area (Å²) in [5.74, 6) is 0. The molecule has 0 heterocycles. The molecule has 0 fully saturated rings. The van der Waals surface area contributed by atoms with Gasteiger partial charge in [-0.25, -0.2) is 0 Å². The summed E-state index contributed by atoms with van der Waals surface area (Å²) in [5, 5.41) is 0. The fourth-order valence-corrected chi connectivity index (χ4v) is 1.37. The number of hydrogen-bond donors (Lipinski definition) is 0. The molecule has 0 amide bonds. The molecule has 1 aliphatic carbocycles. The second-order valence-electron chi connectivity index (χ2n) is 2.95. The van der Waals surface area contributed by atoms with E-state index in [9.17, 15) is 0 Å². The van der Waals surface area contributed by atoms with Gasteiger partial charge in [0.05, 0.1) is 6.10 Å². The zero-order valence-corrected chi connectivity index (χ0v) is 7.58. The Bertz CT molecular complexity index is 173. The summed E-state index contributed by atoms with van der Waals surface area (Å²) in [7, 11) is 1.64. The second-order valence-corrected chi connectivity index (χ2v) is 2.95. The van der Waals surface area contributed by atoms with E-state index >= 15 is 0 Å². The summed E-state index contributed by atoms with van der Waals surface area (Å²) in [6.45, 7) is 4.12. The van der Waals surface area contributed by atoms with Crippen molar-refractivity contribution in [2.75, 3.05) is 13.9 Å². The first kappa shape index (κ1) is 9.49. The van der Waals surface area contributed by atoms with Gasteiger partial charge in [0.25, 0.3) is 0 Å².